The van der Waals surface area contributed by atoms with Crippen molar-refractivity contribution in [3.63, 3.8) is 0 Å². The minimum Gasteiger partial charge on any atom is -0.361 e. The molecule has 0 radical (unpaired) electrons. The standard InChI is InChI=1S/C36H18N12/c1-39-33-16-24(10-13-42-33)32-7-4-27(21-45-32)36-47-34(25-2-5-30(43-19-25)22-8-11-40-28(14-22)17-37)46-35(48-36)26-3-6-31(44-20-26)23-9-12-41-29(15-23)18-38/h2-16,19-21H. The van der Waals surface area contributed by atoms with Crippen LogP contribution in [-0.2, 0) is 0 Å². The molecule has 0 saturated heterocycles. The average Bonchev–Trinajstić information content (AvgIpc) is 3.18. The second-order valence-corrected chi connectivity index (χ2v) is 10.2. The summed E-state index contributed by atoms with van der Waals surface area (Å²) in [4.78, 5) is 43.7. The van der Waals surface area contributed by atoms with Gasteiger partial charge in [-0.25, -0.2) is 24.9 Å². The van der Waals surface area contributed by atoms with Crippen molar-refractivity contribution in [2.75, 3.05) is 0 Å². The van der Waals surface area contributed by atoms with Gasteiger partial charge in [0.05, 0.1) is 17.1 Å². The van der Waals surface area contributed by atoms with Crippen LogP contribution in [0.3, 0.4) is 0 Å². The molecule has 12 nitrogen and oxygen atoms in total. The zero-order valence-corrected chi connectivity index (χ0v) is 24.8. The quantitative estimate of drug-likeness (QED) is 0.186. The van der Waals surface area contributed by atoms with Crippen molar-refractivity contribution in [1.29, 1.82) is 10.5 Å². The maximum Gasteiger partial charge on any atom is 0.270 e. The highest BCUT2D eigenvalue weighted by Crippen LogP contribution is 2.28. The second kappa shape index (κ2) is 12.8. The average molecular weight is 619 g/mol. The van der Waals surface area contributed by atoms with Crippen molar-refractivity contribution in [2.45, 2.75) is 0 Å². The van der Waals surface area contributed by atoms with Gasteiger partial charge in [-0.15, -0.1) is 4.98 Å². The molecule has 7 aromatic heterocycles. The third kappa shape index (κ3) is 6.02. The molecule has 0 bridgehead atoms. The van der Waals surface area contributed by atoms with Crippen molar-refractivity contribution in [1.82, 2.24) is 44.9 Å². The van der Waals surface area contributed by atoms with E-state index in [0.29, 0.717) is 62.6 Å². The van der Waals surface area contributed by atoms with Gasteiger partial charge in [-0.3, -0.25) is 15.0 Å². The highest BCUT2D eigenvalue weighted by atomic mass is 15.0. The summed E-state index contributed by atoms with van der Waals surface area (Å²) in [7, 11) is 0. The molecule has 0 fully saturated rings. The fourth-order valence-electron chi connectivity index (χ4n) is 4.79. The largest absolute Gasteiger partial charge is 0.361 e. The van der Waals surface area contributed by atoms with Gasteiger partial charge in [0, 0.05) is 58.8 Å². The minimum absolute atomic E-state index is 0.285. The normalized spacial score (nSPS) is 10.4. The zero-order chi connectivity index (χ0) is 32.9. The van der Waals surface area contributed by atoms with Gasteiger partial charge in [-0.05, 0) is 78.4 Å². The molecule has 0 spiro atoms. The molecule has 0 aliphatic heterocycles. The lowest BCUT2D eigenvalue weighted by Gasteiger charge is -2.09. The molecular formula is C36H18N12. The Kier molecular flexibility index (Phi) is 7.75. The summed E-state index contributed by atoms with van der Waals surface area (Å²) in [6.45, 7) is 7.26. The van der Waals surface area contributed by atoms with Crippen LogP contribution in [0.5, 0.6) is 0 Å². The van der Waals surface area contributed by atoms with E-state index < -0.39 is 0 Å². The smallest absolute Gasteiger partial charge is 0.270 e. The number of pyridine rings is 6. The molecule has 12 heteroatoms. The first-order chi connectivity index (χ1) is 23.6. The van der Waals surface area contributed by atoms with Crippen molar-refractivity contribution in [2.24, 2.45) is 0 Å². The molecule has 222 valence electrons. The molecular weight excluding hydrogens is 600 g/mol. The summed E-state index contributed by atoms with van der Waals surface area (Å²) in [6.07, 6.45) is 9.73. The Balaban J connectivity index is 1.28. The maximum atomic E-state index is 9.24. The Morgan fingerprint density at radius 2 is 0.854 bits per heavy atom. The van der Waals surface area contributed by atoms with Gasteiger partial charge in [-0.2, -0.15) is 10.5 Å². The van der Waals surface area contributed by atoms with E-state index in [1.54, 1.807) is 73.6 Å². The summed E-state index contributed by atoms with van der Waals surface area (Å²) in [5.41, 5.74) is 6.85. The van der Waals surface area contributed by atoms with Crippen LogP contribution in [0.25, 0.3) is 72.8 Å². The van der Waals surface area contributed by atoms with Crippen LogP contribution in [0, 0.1) is 29.2 Å². The molecule has 0 unspecified atom stereocenters. The van der Waals surface area contributed by atoms with Gasteiger partial charge >= 0.3 is 0 Å². The Hall–Kier alpha value is -7.62. The Labute approximate surface area is 273 Å². The molecule has 7 heterocycles. The van der Waals surface area contributed by atoms with Crippen LogP contribution >= 0.6 is 0 Å². The topological polar surface area (TPSA) is 168 Å². The Morgan fingerprint density at radius 1 is 0.458 bits per heavy atom. The van der Waals surface area contributed by atoms with Gasteiger partial charge in [0.15, 0.2) is 17.5 Å². The Bertz CT molecular complexity index is 2140. The molecule has 0 atom stereocenters. The number of rotatable bonds is 6. The molecule has 7 rings (SSSR count). The molecule has 0 N–H and O–H groups in total. The fourth-order valence-corrected chi connectivity index (χ4v) is 4.79. The minimum atomic E-state index is 0.285. The van der Waals surface area contributed by atoms with Crippen LogP contribution in [0.4, 0.5) is 5.82 Å². The third-order valence-corrected chi connectivity index (χ3v) is 7.20. The molecule has 7 aromatic rings. The van der Waals surface area contributed by atoms with E-state index in [0.717, 1.165) is 16.7 Å². The van der Waals surface area contributed by atoms with Crippen LogP contribution in [0.1, 0.15) is 11.4 Å². The summed E-state index contributed by atoms with van der Waals surface area (Å²) >= 11 is 0. The monoisotopic (exact) mass is 618 g/mol. The van der Waals surface area contributed by atoms with Crippen LogP contribution in [-0.4, -0.2) is 44.9 Å². The zero-order valence-electron chi connectivity index (χ0n) is 24.8. The molecule has 0 aromatic carbocycles. The van der Waals surface area contributed by atoms with Crippen molar-refractivity contribution in [3.05, 3.63) is 133 Å². The molecule has 0 aliphatic carbocycles. The Morgan fingerprint density at radius 3 is 1.21 bits per heavy atom. The lowest BCUT2D eigenvalue weighted by molar-refractivity contribution is 1.06. The van der Waals surface area contributed by atoms with E-state index in [2.05, 4.69) is 34.7 Å². The second-order valence-electron chi connectivity index (χ2n) is 10.2. The van der Waals surface area contributed by atoms with E-state index in [1.165, 1.54) is 0 Å². The van der Waals surface area contributed by atoms with E-state index >= 15 is 0 Å². The number of nitrogens with zero attached hydrogens (tertiary/aromatic N) is 12. The summed E-state index contributed by atoms with van der Waals surface area (Å²) in [5, 5.41) is 18.5. The van der Waals surface area contributed by atoms with Gasteiger partial charge < -0.3 is 4.85 Å². The van der Waals surface area contributed by atoms with Gasteiger partial charge in [0.1, 0.15) is 29.7 Å². The predicted octanol–water partition coefficient (Wildman–Crippen LogP) is 6.54. The summed E-state index contributed by atoms with van der Waals surface area (Å²) in [6, 6.07) is 25.6. The SMILES string of the molecule is [C-]#[N+]c1cc(-c2ccc(-c3nc(-c4ccc(-c5ccnc(C#N)c5)nc4)nc(-c4ccc(-c5ccnc(C#N)c5)nc4)n3)cn2)ccn1. The van der Waals surface area contributed by atoms with Crippen molar-refractivity contribution >= 4 is 5.82 Å². The summed E-state index contributed by atoms with van der Waals surface area (Å²) < 4.78 is 0. The van der Waals surface area contributed by atoms with Crippen LogP contribution in [0.15, 0.2) is 110 Å². The van der Waals surface area contributed by atoms with E-state index in [4.69, 9.17) is 21.5 Å². The molecule has 0 saturated carbocycles. The predicted molar refractivity (Wildman–Crippen MR) is 175 cm³/mol. The van der Waals surface area contributed by atoms with Gasteiger partial charge in [0.2, 0.25) is 0 Å². The third-order valence-electron chi connectivity index (χ3n) is 7.20. The van der Waals surface area contributed by atoms with Crippen LogP contribution < -0.4 is 0 Å². The van der Waals surface area contributed by atoms with Gasteiger partial charge in [-0.1, -0.05) is 6.57 Å². The van der Waals surface area contributed by atoms with Crippen molar-refractivity contribution < 1.29 is 0 Å². The van der Waals surface area contributed by atoms with Crippen LogP contribution in [0.2, 0.25) is 0 Å². The number of hydrogen-bond acceptors (Lipinski definition) is 11. The number of hydrogen-bond donors (Lipinski definition) is 0. The highest BCUT2D eigenvalue weighted by Gasteiger charge is 2.15. The van der Waals surface area contributed by atoms with E-state index in [-0.39, 0.29) is 5.82 Å². The van der Waals surface area contributed by atoms with Gasteiger partial charge in [0.25, 0.3) is 5.82 Å². The molecule has 48 heavy (non-hydrogen) atoms. The summed E-state index contributed by atoms with van der Waals surface area (Å²) in [5.74, 6) is 1.45. The van der Waals surface area contributed by atoms with Crippen molar-refractivity contribution in [3.8, 4) is 80.1 Å². The highest BCUT2D eigenvalue weighted by molar-refractivity contribution is 5.70. The fraction of sp³-hybridized carbons (Fsp3) is 0. The number of aromatic nitrogens is 9. The molecule has 0 aliphatic rings. The van der Waals surface area contributed by atoms with E-state index in [9.17, 15) is 10.5 Å². The molecule has 0 amide bonds. The number of nitriles is 2. The first-order valence-electron chi connectivity index (χ1n) is 14.3. The lowest BCUT2D eigenvalue weighted by Crippen LogP contribution is -2.01. The lowest BCUT2D eigenvalue weighted by atomic mass is 10.1. The van der Waals surface area contributed by atoms with E-state index in [1.807, 2.05) is 48.5 Å². The maximum absolute atomic E-state index is 9.24. The first-order valence-corrected chi connectivity index (χ1v) is 14.3. The first kappa shape index (κ1) is 29.1.